The lowest BCUT2D eigenvalue weighted by Crippen LogP contribution is -2.35. The molecule has 1 aromatic carbocycles. The Bertz CT molecular complexity index is 588. The van der Waals surface area contributed by atoms with Crippen molar-refractivity contribution in [1.29, 1.82) is 0 Å². The maximum atomic E-state index is 5.88. The van der Waals surface area contributed by atoms with Gasteiger partial charge in [-0.3, -0.25) is 0 Å². The van der Waals surface area contributed by atoms with Crippen molar-refractivity contribution in [3.63, 3.8) is 0 Å². The van der Waals surface area contributed by atoms with Crippen molar-refractivity contribution in [2.24, 2.45) is 5.92 Å². The third-order valence-electron chi connectivity index (χ3n) is 4.21. The topological polar surface area (TPSA) is 71.4 Å². The number of benzene rings is 1. The summed E-state index contributed by atoms with van der Waals surface area (Å²) in [5.41, 5.74) is 8.93. The van der Waals surface area contributed by atoms with Gasteiger partial charge in [0.2, 0.25) is 0 Å². The van der Waals surface area contributed by atoms with Gasteiger partial charge in [0.1, 0.15) is 0 Å². The molecule has 1 aliphatic heterocycles. The number of rotatable bonds is 3. The minimum atomic E-state index is 0.609. The normalized spacial score (nSPS) is 17.7. The highest BCUT2D eigenvalue weighted by molar-refractivity contribution is 5.95. The Hall–Kier alpha value is -1.82. The Morgan fingerprint density at radius 2 is 2.00 bits per heavy atom. The van der Waals surface area contributed by atoms with Crippen molar-refractivity contribution in [2.45, 2.75) is 12.8 Å². The van der Waals surface area contributed by atoms with Crippen LogP contribution in [0.1, 0.15) is 12.8 Å². The lowest BCUT2D eigenvalue weighted by Gasteiger charge is -2.32. The molecule has 1 saturated heterocycles. The van der Waals surface area contributed by atoms with Crippen LogP contribution in [0.3, 0.4) is 0 Å². The number of likely N-dealkylation sites (tertiary alicyclic amines) is 1. The van der Waals surface area contributed by atoms with Gasteiger partial charge in [-0.2, -0.15) is 0 Å². The van der Waals surface area contributed by atoms with Gasteiger partial charge in [0, 0.05) is 13.6 Å². The minimum Gasteiger partial charge on any atom is -0.397 e. The first kappa shape index (κ1) is 13.2. The van der Waals surface area contributed by atoms with Crippen molar-refractivity contribution >= 4 is 22.4 Å². The minimum absolute atomic E-state index is 0.609. The SMILES string of the molecule is CN1CCC(CN(C)c2ccc(N)c3nonc23)CC1. The molecule has 0 atom stereocenters. The number of piperidine rings is 1. The second-order valence-electron chi connectivity index (χ2n) is 5.76. The Balaban J connectivity index is 1.77. The number of nitrogens with two attached hydrogens (primary N) is 1. The third-order valence-corrected chi connectivity index (χ3v) is 4.21. The zero-order valence-electron chi connectivity index (χ0n) is 12.0. The van der Waals surface area contributed by atoms with Crippen molar-refractivity contribution in [3.8, 4) is 0 Å². The van der Waals surface area contributed by atoms with Crippen molar-refractivity contribution < 1.29 is 4.63 Å². The molecule has 108 valence electrons. The fourth-order valence-corrected chi connectivity index (χ4v) is 2.91. The molecule has 1 aromatic heterocycles. The summed E-state index contributed by atoms with van der Waals surface area (Å²) < 4.78 is 4.83. The molecule has 6 nitrogen and oxygen atoms in total. The fraction of sp³-hybridized carbons (Fsp3) is 0.571. The van der Waals surface area contributed by atoms with E-state index in [2.05, 4.69) is 34.2 Å². The van der Waals surface area contributed by atoms with Crippen molar-refractivity contribution in [1.82, 2.24) is 15.2 Å². The Kier molecular flexibility index (Phi) is 3.48. The van der Waals surface area contributed by atoms with Crippen LogP contribution in [0.2, 0.25) is 0 Å². The first-order valence-corrected chi connectivity index (χ1v) is 7.05. The van der Waals surface area contributed by atoms with Crippen LogP contribution >= 0.6 is 0 Å². The average molecular weight is 275 g/mol. The maximum Gasteiger partial charge on any atom is 0.160 e. The Labute approximate surface area is 118 Å². The standard InChI is InChI=1S/C14H21N5O/c1-18-7-5-10(6-8-18)9-19(2)12-4-3-11(15)13-14(12)17-20-16-13/h3-4,10H,5-9,15H2,1-2H3. The molecular weight excluding hydrogens is 254 g/mol. The molecule has 2 aromatic rings. The Morgan fingerprint density at radius 1 is 1.30 bits per heavy atom. The summed E-state index contributed by atoms with van der Waals surface area (Å²) in [4.78, 5) is 4.63. The molecule has 1 aliphatic rings. The summed E-state index contributed by atoms with van der Waals surface area (Å²) in [6, 6.07) is 3.86. The van der Waals surface area contributed by atoms with Crippen LogP contribution in [-0.4, -0.2) is 48.9 Å². The van der Waals surface area contributed by atoms with Crippen LogP contribution in [0.15, 0.2) is 16.8 Å². The Morgan fingerprint density at radius 3 is 2.75 bits per heavy atom. The van der Waals surface area contributed by atoms with E-state index in [4.69, 9.17) is 10.4 Å². The van der Waals surface area contributed by atoms with Crippen LogP contribution in [0.5, 0.6) is 0 Å². The molecular formula is C14H21N5O. The van der Waals surface area contributed by atoms with Gasteiger partial charge in [-0.05, 0) is 61.3 Å². The van der Waals surface area contributed by atoms with Crippen LogP contribution in [0.25, 0.3) is 11.0 Å². The van der Waals surface area contributed by atoms with Crippen LogP contribution in [0, 0.1) is 5.92 Å². The molecule has 0 unspecified atom stereocenters. The number of aromatic nitrogens is 2. The van der Waals surface area contributed by atoms with E-state index in [1.807, 2.05) is 12.1 Å². The molecule has 6 heteroatoms. The first-order chi connectivity index (χ1) is 9.65. The lowest BCUT2D eigenvalue weighted by atomic mass is 9.96. The smallest absolute Gasteiger partial charge is 0.160 e. The number of anilines is 2. The van der Waals surface area contributed by atoms with Crippen molar-refractivity contribution in [2.75, 3.05) is 44.4 Å². The largest absolute Gasteiger partial charge is 0.397 e. The summed E-state index contributed by atoms with van der Waals surface area (Å²) in [7, 11) is 4.28. The second kappa shape index (κ2) is 5.28. The molecule has 0 amide bonds. The average Bonchev–Trinajstić information content (AvgIpc) is 2.92. The van der Waals surface area contributed by atoms with Gasteiger partial charge in [0.25, 0.3) is 0 Å². The highest BCUT2D eigenvalue weighted by atomic mass is 16.6. The van der Waals surface area contributed by atoms with E-state index >= 15 is 0 Å². The summed E-state index contributed by atoms with van der Waals surface area (Å²) >= 11 is 0. The van der Waals surface area contributed by atoms with Gasteiger partial charge in [0.05, 0.1) is 11.4 Å². The molecule has 0 radical (unpaired) electrons. The summed E-state index contributed by atoms with van der Waals surface area (Å²) in [5.74, 6) is 0.726. The van der Waals surface area contributed by atoms with Crippen LogP contribution in [-0.2, 0) is 0 Å². The molecule has 3 rings (SSSR count). The van der Waals surface area contributed by atoms with Gasteiger partial charge >= 0.3 is 0 Å². The van der Waals surface area contributed by atoms with E-state index < -0.39 is 0 Å². The molecule has 0 bridgehead atoms. The summed E-state index contributed by atoms with van der Waals surface area (Å²) in [6.45, 7) is 3.39. The quantitative estimate of drug-likeness (QED) is 0.858. The fourth-order valence-electron chi connectivity index (χ4n) is 2.91. The number of nitrogens with zero attached hydrogens (tertiary/aromatic N) is 4. The van der Waals surface area contributed by atoms with Crippen LogP contribution in [0.4, 0.5) is 11.4 Å². The van der Waals surface area contributed by atoms with E-state index in [9.17, 15) is 0 Å². The van der Waals surface area contributed by atoms with Crippen LogP contribution < -0.4 is 10.6 Å². The molecule has 0 spiro atoms. The maximum absolute atomic E-state index is 5.88. The number of hydrogen-bond donors (Lipinski definition) is 1. The van der Waals surface area contributed by atoms with Gasteiger partial charge in [-0.1, -0.05) is 0 Å². The molecule has 0 aliphatic carbocycles. The number of nitrogen functional groups attached to an aromatic ring is 1. The van der Waals surface area contributed by atoms with E-state index in [0.29, 0.717) is 11.2 Å². The van der Waals surface area contributed by atoms with Gasteiger partial charge in [-0.15, -0.1) is 0 Å². The second-order valence-corrected chi connectivity index (χ2v) is 5.76. The van der Waals surface area contributed by atoms with E-state index in [1.165, 1.54) is 25.9 Å². The molecule has 1 fully saturated rings. The first-order valence-electron chi connectivity index (χ1n) is 7.05. The predicted molar refractivity (Wildman–Crippen MR) is 79.7 cm³/mol. The van der Waals surface area contributed by atoms with E-state index in [-0.39, 0.29) is 0 Å². The molecule has 0 saturated carbocycles. The molecule has 2 heterocycles. The van der Waals surface area contributed by atoms with Gasteiger partial charge < -0.3 is 15.5 Å². The number of hydrogen-bond acceptors (Lipinski definition) is 6. The highest BCUT2D eigenvalue weighted by Crippen LogP contribution is 2.29. The van der Waals surface area contributed by atoms with Crippen molar-refractivity contribution in [3.05, 3.63) is 12.1 Å². The highest BCUT2D eigenvalue weighted by Gasteiger charge is 2.20. The molecule has 2 N–H and O–H groups in total. The zero-order valence-corrected chi connectivity index (χ0v) is 12.0. The third kappa shape index (κ3) is 2.43. The number of fused-ring (bicyclic) bond motifs is 1. The molecule has 20 heavy (non-hydrogen) atoms. The zero-order chi connectivity index (χ0) is 14.1. The van der Waals surface area contributed by atoms with E-state index in [1.54, 1.807) is 0 Å². The predicted octanol–water partition coefficient (Wildman–Crippen LogP) is 1.58. The van der Waals surface area contributed by atoms with Gasteiger partial charge in [-0.25, -0.2) is 4.63 Å². The monoisotopic (exact) mass is 275 g/mol. The van der Waals surface area contributed by atoms with E-state index in [0.717, 1.165) is 23.7 Å². The van der Waals surface area contributed by atoms with Gasteiger partial charge in [0.15, 0.2) is 11.0 Å². The lowest BCUT2D eigenvalue weighted by molar-refractivity contribution is 0.222. The summed E-state index contributed by atoms with van der Waals surface area (Å²) in [5, 5.41) is 7.86. The summed E-state index contributed by atoms with van der Waals surface area (Å²) in [6.07, 6.45) is 2.49.